The van der Waals surface area contributed by atoms with Gasteiger partial charge in [0.15, 0.2) is 11.6 Å². The number of carboxylic acid groups (broad SMARTS) is 1. The van der Waals surface area contributed by atoms with E-state index in [4.69, 9.17) is 5.11 Å². The number of rotatable bonds is 4. The van der Waals surface area contributed by atoms with E-state index >= 15 is 0 Å². The summed E-state index contributed by atoms with van der Waals surface area (Å²) in [5, 5.41) is 9.01. The van der Waals surface area contributed by atoms with Crippen LogP contribution in [0.5, 0.6) is 0 Å². The molecule has 21 heavy (non-hydrogen) atoms. The van der Waals surface area contributed by atoms with Crippen molar-refractivity contribution in [2.24, 2.45) is 0 Å². The summed E-state index contributed by atoms with van der Waals surface area (Å²) < 4.78 is 27.1. The zero-order valence-electron chi connectivity index (χ0n) is 12.2. The molecule has 1 saturated heterocycles. The molecule has 1 aliphatic rings. The molecule has 0 bridgehead atoms. The molecule has 6 heteroatoms. The minimum atomic E-state index is -0.840. The second-order valence-corrected chi connectivity index (χ2v) is 5.41. The van der Waals surface area contributed by atoms with Crippen molar-refractivity contribution in [1.29, 1.82) is 0 Å². The highest BCUT2D eigenvalue weighted by molar-refractivity contribution is 5.72. The van der Waals surface area contributed by atoms with E-state index in [1.165, 1.54) is 6.07 Å². The van der Waals surface area contributed by atoms with Crippen molar-refractivity contribution in [3.05, 3.63) is 35.4 Å². The standard InChI is InChI=1S/C15H20F2N2O2/c1-10(12-4-3-5-13(16)14(12)17)18-6-8-19(9-7-18)11(2)15(20)21/h3-5,10-11H,6-9H2,1-2H3,(H,20,21). The van der Waals surface area contributed by atoms with Crippen molar-refractivity contribution in [3.8, 4) is 0 Å². The molecule has 2 rings (SSSR count). The molecule has 0 aromatic heterocycles. The first kappa shape index (κ1) is 15.9. The van der Waals surface area contributed by atoms with Crippen molar-refractivity contribution >= 4 is 5.97 Å². The first-order valence-corrected chi connectivity index (χ1v) is 7.06. The van der Waals surface area contributed by atoms with Crippen LogP contribution in [0.4, 0.5) is 8.78 Å². The van der Waals surface area contributed by atoms with Crippen LogP contribution in [0.15, 0.2) is 18.2 Å². The van der Waals surface area contributed by atoms with E-state index < -0.39 is 23.6 Å². The van der Waals surface area contributed by atoms with Gasteiger partial charge in [-0.15, -0.1) is 0 Å². The molecule has 1 aromatic carbocycles. The summed E-state index contributed by atoms with van der Waals surface area (Å²) in [6, 6.07) is 3.46. The Morgan fingerprint density at radius 2 is 1.71 bits per heavy atom. The van der Waals surface area contributed by atoms with Gasteiger partial charge in [0.05, 0.1) is 0 Å². The van der Waals surface area contributed by atoms with Crippen LogP contribution < -0.4 is 0 Å². The van der Waals surface area contributed by atoms with Gasteiger partial charge in [-0.2, -0.15) is 0 Å². The van der Waals surface area contributed by atoms with Gasteiger partial charge in [-0.1, -0.05) is 12.1 Å². The fourth-order valence-electron chi connectivity index (χ4n) is 2.71. The molecule has 1 fully saturated rings. The monoisotopic (exact) mass is 298 g/mol. The lowest BCUT2D eigenvalue weighted by atomic mass is 10.0. The number of carboxylic acids is 1. The third-order valence-corrected chi connectivity index (χ3v) is 4.23. The number of hydrogen-bond acceptors (Lipinski definition) is 3. The number of carbonyl (C=O) groups is 1. The van der Waals surface area contributed by atoms with Gasteiger partial charge < -0.3 is 5.11 Å². The average molecular weight is 298 g/mol. The Balaban J connectivity index is 2.02. The Kier molecular flexibility index (Phi) is 4.90. The predicted octanol–water partition coefficient (Wildman–Crippen LogP) is 2.12. The molecule has 0 spiro atoms. The summed E-state index contributed by atoms with van der Waals surface area (Å²) in [6.45, 7) is 5.98. The Hall–Kier alpha value is -1.53. The van der Waals surface area contributed by atoms with Crippen molar-refractivity contribution in [3.63, 3.8) is 0 Å². The lowest BCUT2D eigenvalue weighted by molar-refractivity contribution is -0.143. The molecule has 0 amide bonds. The van der Waals surface area contributed by atoms with Crippen LogP contribution in [-0.4, -0.2) is 53.1 Å². The van der Waals surface area contributed by atoms with E-state index in [1.54, 1.807) is 13.0 Å². The van der Waals surface area contributed by atoms with Crippen LogP contribution >= 0.6 is 0 Å². The molecule has 2 atom stereocenters. The summed E-state index contributed by atoms with van der Waals surface area (Å²) in [5.41, 5.74) is 0.342. The summed E-state index contributed by atoms with van der Waals surface area (Å²) >= 11 is 0. The Morgan fingerprint density at radius 1 is 1.14 bits per heavy atom. The maximum atomic E-state index is 13.8. The largest absolute Gasteiger partial charge is 0.480 e. The van der Waals surface area contributed by atoms with Crippen LogP contribution in [0.1, 0.15) is 25.5 Å². The molecule has 1 aliphatic heterocycles. The van der Waals surface area contributed by atoms with E-state index in [9.17, 15) is 13.6 Å². The molecule has 116 valence electrons. The smallest absolute Gasteiger partial charge is 0.320 e. The molecule has 1 N–H and O–H groups in total. The van der Waals surface area contributed by atoms with Gasteiger partial charge in [0.2, 0.25) is 0 Å². The fraction of sp³-hybridized carbons (Fsp3) is 0.533. The molecule has 1 aromatic rings. The summed E-state index contributed by atoms with van der Waals surface area (Å²) in [5.74, 6) is -2.48. The van der Waals surface area contributed by atoms with E-state index in [0.29, 0.717) is 31.7 Å². The van der Waals surface area contributed by atoms with Gasteiger partial charge >= 0.3 is 5.97 Å². The minimum Gasteiger partial charge on any atom is -0.480 e. The third kappa shape index (κ3) is 3.39. The average Bonchev–Trinajstić information content (AvgIpc) is 2.48. The number of piperazine rings is 1. The van der Waals surface area contributed by atoms with E-state index in [1.807, 2.05) is 16.7 Å². The Morgan fingerprint density at radius 3 is 2.29 bits per heavy atom. The Labute approximate surface area is 123 Å². The maximum absolute atomic E-state index is 13.8. The van der Waals surface area contributed by atoms with Crippen LogP contribution in [0.2, 0.25) is 0 Å². The zero-order chi connectivity index (χ0) is 15.6. The topological polar surface area (TPSA) is 43.8 Å². The van der Waals surface area contributed by atoms with Gasteiger partial charge in [-0.3, -0.25) is 14.6 Å². The normalized spacial score (nSPS) is 20.2. The molecule has 0 radical (unpaired) electrons. The predicted molar refractivity (Wildman–Crippen MR) is 75.0 cm³/mol. The number of aliphatic carboxylic acids is 1. The summed E-state index contributed by atoms with van der Waals surface area (Å²) in [4.78, 5) is 14.9. The summed E-state index contributed by atoms with van der Waals surface area (Å²) in [6.07, 6.45) is 0. The molecule has 0 aliphatic carbocycles. The van der Waals surface area contributed by atoms with Crippen molar-refractivity contribution in [1.82, 2.24) is 9.80 Å². The second kappa shape index (κ2) is 6.49. The van der Waals surface area contributed by atoms with Gasteiger partial charge in [0, 0.05) is 37.8 Å². The molecular weight excluding hydrogens is 278 g/mol. The SMILES string of the molecule is CC(C(=O)O)N1CCN(C(C)c2cccc(F)c2F)CC1. The fourth-order valence-corrected chi connectivity index (χ4v) is 2.71. The van der Waals surface area contributed by atoms with Crippen LogP contribution in [0.25, 0.3) is 0 Å². The number of hydrogen-bond donors (Lipinski definition) is 1. The highest BCUT2D eigenvalue weighted by Crippen LogP contribution is 2.25. The molecule has 0 saturated carbocycles. The number of halogens is 2. The highest BCUT2D eigenvalue weighted by atomic mass is 19.2. The first-order chi connectivity index (χ1) is 9.91. The lowest BCUT2D eigenvalue weighted by Gasteiger charge is -2.39. The lowest BCUT2D eigenvalue weighted by Crippen LogP contribution is -2.52. The first-order valence-electron chi connectivity index (χ1n) is 7.06. The third-order valence-electron chi connectivity index (χ3n) is 4.23. The van der Waals surface area contributed by atoms with E-state index in [2.05, 4.69) is 0 Å². The van der Waals surface area contributed by atoms with E-state index in [-0.39, 0.29) is 6.04 Å². The van der Waals surface area contributed by atoms with Crippen LogP contribution in [0, 0.1) is 11.6 Å². The van der Waals surface area contributed by atoms with Crippen LogP contribution in [-0.2, 0) is 4.79 Å². The van der Waals surface area contributed by atoms with Gasteiger partial charge in [-0.25, -0.2) is 8.78 Å². The maximum Gasteiger partial charge on any atom is 0.320 e. The Bertz CT molecular complexity index is 516. The van der Waals surface area contributed by atoms with Gasteiger partial charge in [-0.05, 0) is 19.9 Å². The van der Waals surface area contributed by atoms with Crippen molar-refractivity contribution in [2.75, 3.05) is 26.2 Å². The van der Waals surface area contributed by atoms with Crippen molar-refractivity contribution in [2.45, 2.75) is 25.9 Å². The molecule has 4 nitrogen and oxygen atoms in total. The second-order valence-electron chi connectivity index (χ2n) is 5.41. The molecular formula is C15H20F2N2O2. The summed E-state index contributed by atoms with van der Waals surface area (Å²) in [7, 11) is 0. The highest BCUT2D eigenvalue weighted by Gasteiger charge is 2.28. The number of benzene rings is 1. The molecule has 1 heterocycles. The van der Waals surface area contributed by atoms with Crippen molar-refractivity contribution < 1.29 is 18.7 Å². The zero-order valence-corrected chi connectivity index (χ0v) is 12.2. The molecule has 2 unspecified atom stereocenters. The van der Waals surface area contributed by atoms with E-state index in [0.717, 1.165) is 6.07 Å². The van der Waals surface area contributed by atoms with Gasteiger partial charge in [0.25, 0.3) is 0 Å². The quantitative estimate of drug-likeness (QED) is 0.924. The minimum absolute atomic E-state index is 0.233. The number of nitrogens with zero attached hydrogens (tertiary/aromatic N) is 2. The van der Waals surface area contributed by atoms with Crippen LogP contribution in [0.3, 0.4) is 0 Å². The van der Waals surface area contributed by atoms with Gasteiger partial charge in [0.1, 0.15) is 6.04 Å².